The average molecular weight is 343 g/mol. The number of ether oxygens (including phenoxy) is 1. The normalized spacial score (nSPS) is 25.6. The van der Waals surface area contributed by atoms with Crippen molar-refractivity contribution in [3.05, 3.63) is 29.8 Å². The summed E-state index contributed by atoms with van der Waals surface area (Å²) < 4.78 is 5.22. The van der Waals surface area contributed by atoms with Crippen molar-refractivity contribution in [2.45, 2.75) is 37.3 Å². The van der Waals surface area contributed by atoms with Crippen LogP contribution in [0, 0.1) is 11.3 Å². The molecule has 2 fully saturated rings. The van der Waals surface area contributed by atoms with E-state index in [0.29, 0.717) is 25.3 Å². The van der Waals surface area contributed by atoms with Gasteiger partial charge in [-0.1, -0.05) is 12.1 Å². The molecule has 0 bridgehead atoms. The third kappa shape index (κ3) is 3.91. The van der Waals surface area contributed by atoms with Crippen LogP contribution in [0.4, 0.5) is 0 Å². The van der Waals surface area contributed by atoms with Crippen molar-refractivity contribution in [1.29, 1.82) is 5.26 Å². The molecule has 2 saturated heterocycles. The highest BCUT2D eigenvalue weighted by Crippen LogP contribution is 2.30. The number of likely N-dealkylation sites (tertiary alicyclic amines) is 1. The number of hydrogen-bond donors (Lipinski definition) is 2. The summed E-state index contributed by atoms with van der Waals surface area (Å²) in [6.45, 7) is 0.945. The Balaban J connectivity index is 1.63. The number of rotatable bonds is 5. The maximum atomic E-state index is 12.7. The van der Waals surface area contributed by atoms with Gasteiger partial charge in [0.2, 0.25) is 5.91 Å². The minimum atomic E-state index is -1.02. The van der Waals surface area contributed by atoms with Crippen LogP contribution in [0.3, 0.4) is 0 Å². The molecule has 7 nitrogen and oxygen atoms in total. The fourth-order valence-corrected chi connectivity index (χ4v) is 3.55. The van der Waals surface area contributed by atoms with Crippen LogP contribution < -0.4 is 10.1 Å². The van der Waals surface area contributed by atoms with E-state index in [-0.39, 0.29) is 30.5 Å². The van der Waals surface area contributed by atoms with Gasteiger partial charge in [-0.3, -0.25) is 4.79 Å². The van der Waals surface area contributed by atoms with E-state index in [1.165, 1.54) is 0 Å². The summed E-state index contributed by atoms with van der Waals surface area (Å²) in [7, 11) is 0. The number of carbonyl (C=O) groups is 2. The molecule has 0 unspecified atom stereocenters. The van der Waals surface area contributed by atoms with Gasteiger partial charge >= 0.3 is 5.97 Å². The van der Waals surface area contributed by atoms with Crippen molar-refractivity contribution >= 4 is 11.9 Å². The molecule has 1 aromatic carbocycles. The third-order valence-corrected chi connectivity index (χ3v) is 4.81. The van der Waals surface area contributed by atoms with E-state index >= 15 is 0 Å². The number of carboxylic acids is 1. The molecule has 25 heavy (non-hydrogen) atoms. The molecular weight excluding hydrogens is 322 g/mol. The predicted molar refractivity (Wildman–Crippen MR) is 89.1 cm³/mol. The molecule has 3 rings (SSSR count). The van der Waals surface area contributed by atoms with Crippen LogP contribution in [-0.4, -0.2) is 53.7 Å². The highest BCUT2D eigenvalue weighted by molar-refractivity contribution is 5.83. The lowest BCUT2D eigenvalue weighted by Gasteiger charge is -2.23. The monoisotopic (exact) mass is 343 g/mol. The first-order valence-corrected chi connectivity index (χ1v) is 8.46. The molecular formula is C18H21N3O4. The van der Waals surface area contributed by atoms with E-state index < -0.39 is 5.97 Å². The lowest BCUT2D eigenvalue weighted by atomic mass is 9.95. The molecule has 2 N–H and O–H groups in total. The van der Waals surface area contributed by atoms with Crippen LogP contribution in [0.5, 0.6) is 5.75 Å². The van der Waals surface area contributed by atoms with Gasteiger partial charge in [0, 0.05) is 13.1 Å². The number of nitriles is 1. The fraction of sp³-hybridized carbons (Fsp3) is 0.500. The summed E-state index contributed by atoms with van der Waals surface area (Å²) >= 11 is 0. The smallest absolute Gasteiger partial charge is 0.341 e. The quantitative estimate of drug-likeness (QED) is 0.830. The zero-order chi connectivity index (χ0) is 17.8. The van der Waals surface area contributed by atoms with E-state index in [2.05, 4.69) is 11.4 Å². The Morgan fingerprint density at radius 2 is 2.28 bits per heavy atom. The molecule has 0 spiro atoms. The van der Waals surface area contributed by atoms with Crippen LogP contribution in [0.1, 0.15) is 30.7 Å². The van der Waals surface area contributed by atoms with Crippen molar-refractivity contribution in [2.75, 3.05) is 19.7 Å². The van der Waals surface area contributed by atoms with Crippen LogP contribution in [0.2, 0.25) is 0 Å². The van der Waals surface area contributed by atoms with Gasteiger partial charge in [0.1, 0.15) is 11.8 Å². The van der Waals surface area contributed by atoms with Gasteiger partial charge in [-0.15, -0.1) is 0 Å². The number of benzene rings is 1. The zero-order valence-electron chi connectivity index (χ0n) is 13.9. The summed E-state index contributed by atoms with van der Waals surface area (Å²) in [5.41, 5.74) is 1.02. The summed E-state index contributed by atoms with van der Waals surface area (Å²) in [6.07, 6.45) is 2.29. The number of carboxylic acid groups (broad SMARTS) is 1. The lowest BCUT2D eigenvalue weighted by molar-refractivity contribution is -0.139. The Hall–Kier alpha value is -2.59. The molecule has 7 heteroatoms. The van der Waals surface area contributed by atoms with Gasteiger partial charge in [0.25, 0.3) is 0 Å². The van der Waals surface area contributed by atoms with Crippen LogP contribution in [0.15, 0.2) is 24.3 Å². The second-order valence-corrected chi connectivity index (χ2v) is 6.47. The number of nitrogens with one attached hydrogen (secondary N) is 1. The molecule has 0 radical (unpaired) electrons. The molecule has 0 saturated carbocycles. The van der Waals surface area contributed by atoms with E-state index in [1.54, 1.807) is 11.0 Å². The molecule has 2 aliphatic rings. The van der Waals surface area contributed by atoms with Gasteiger partial charge < -0.3 is 20.1 Å². The second kappa shape index (κ2) is 7.53. The van der Waals surface area contributed by atoms with Gasteiger partial charge in [0.05, 0.1) is 12.1 Å². The van der Waals surface area contributed by atoms with Crippen LogP contribution >= 0.6 is 0 Å². The van der Waals surface area contributed by atoms with Crippen LogP contribution in [-0.2, 0) is 9.59 Å². The SMILES string of the molecule is N#C[C@@H]1CCCN1C(=O)[C@@H]1C[C@H](c2cccc(OCC(=O)O)c2)CN1. The molecule has 1 amide bonds. The lowest BCUT2D eigenvalue weighted by Crippen LogP contribution is -2.45. The molecule has 3 atom stereocenters. The fourth-order valence-electron chi connectivity index (χ4n) is 3.55. The highest BCUT2D eigenvalue weighted by atomic mass is 16.5. The van der Waals surface area contributed by atoms with E-state index in [0.717, 1.165) is 18.4 Å². The molecule has 1 aromatic rings. The van der Waals surface area contributed by atoms with Gasteiger partial charge in [0.15, 0.2) is 6.61 Å². The average Bonchev–Trinajstić information content (AvgIpc) is 3.28. The molecule has 2 aliphatic heterocycles. The van der Waals surface area contributed by atoms with E-state index in [9.17, 15) is 9.59 Å². The topological polar surface area (TPSA) is 103 Å². The summed E-state index contributed by atoms with van der Waals surface area (Å²) in [5, 5.41) is 21.1. The zero-order valence-corrected chi connectivity index (χ0v) is 13.9. The van der Waals surface area contributed by atoms with Gasteiger partial charge in [-0.25, -0.2) is 4.79 Å². The standard InChI is InChI=1S/C18H21N3O4/c19-9-14-4-2-6-21(14)18(24)16-8-13(10-20-16)12-3-1-5-15(7-12)25-11-17(22)23/h1,3,5,7,13-14,16,20H,2,4,6,8,10-11H2,(H,22,23)/t13-,14-,16-/m0/s1. The van der Waals surface area contributed by atoms with Gasteiger partial charge in [-0.2, -0.15) is 5.26 Å². The minimum Gasteiger partial charge on any atom is -0.482 e. The van der Waals surface area contributed by atoms with Gasteiger partial charge in [-0.05, 0) is 42.9 Å². The van der Waals surface area contributed by atoms with Crippen molar-refractivity contribution in [2.24, 2.45) is 0 Å². The van der Waals surface area contributed by atoms with E-state index in [1.807, 2.05) is 18.2 Å². The number of aliphatic carboxylic acids is 1. The maximum absolute atomic E-state index is 12.7. The van der Waals surface area contributed by atoms with Crippen molar-refractivity contribution < 1.29 is 19.4 Å². The first kappa shape index (κ1) is 17.2. The number of nitrogens with zero attached hydrogens (tertiary/aromatic N) is 2. The third-order valence-electron chi connectivity index (χ3n) is 4.81. The van der Waals surface area contributed by atoms with Crippen molar-refractivity contribution in [3.63, 3.8) is 0 Å². The Kier molecular flexibility index (Phi) is 5.19. The van der Waals surface area contributed by atoms with E-state index in [4.69, 9.17) is 15.1 Å². The minimum absolute atomic E-state index is 0.00447. The first-order valence-electron chi connectivity index (χ1n) is 8.46. The number of hydrogen-bond acceptors (Lipinski definition) is 5. The maximum Gasteiger partial charge on any atom is 0.341 e. The van der Waals surface area contributed by atoms with Crippen molar-refractivity contribution in [1.82, 2.24) is 10.2 Å². The molecule has 132 valence electrons. The molecule has 0 aromatic heterocycles. The second-order valence-electron chi connectivity index (χ2n) is 6.47. The first-order chi connectivity index (χ1) is 12.1. The highest BCUT2D eigenvalue weighted by Gasteiger charge is 2.37. The number of amides is 1. The molecule has 0 aliphatic carbocycles. The van der Waals surface area contributed by atoms with Crippen LogP contribution in [0.25, 0.3) is 0 Å². The largest absolute Gasteiger partial charge is 0.482 e. The summed E-state index contributed by atoms with van der Waals surface area (Å²) in [6, 6.07) is 8.96. The predicted octanol–water partition coefficient (Wildman–Crippen LogP) is 1.11. The Morgan fingerprint density at radius 3 is 3.04 bits per heavy atom. The summed E-state index contributed by atoms with van der Waals surface area (Å²) in [4.78, 5) is 25.0. The Bertz CT molecular complexity index is 700. The Morgan fingerprint density at radius 1 is 1.44 bits per heavy atom. The van der Waals surface area contributed by atoms with Crippen molar-refractivity contribution in [3.8, 4) is 11.8 Å². The molecule has 2 heterocycles. The summed E-state index contributed by atoms with van der Waals surface area (Å²) in [5.74, 6) is -0.342. The number of carbonyl (C=O) groups excluding carboxylic acids is 1. The Labute approximate surface area is 146 Å².